The molecule has 0 bridgehead atoms. The van der Waals surface area contributed by atoms with Crippen molar-refractivity contribution in [3.63, 3.8) is 0 Å². The van der Waals surface area contributed by atoms with Gasteiger partial charge in [0.15, 0.2) is 5.17 Å². The van der Waals surface area contributed by atoms with E-state index in [4.69, 9.17) is 15.3 Å². The second kappa shape index (κ2) is 8.50. The van der Waals surface area contributed by atoms with Crippen molar-refractivity contribution in [2.75, 3.05) is 12.9 Å². The molecule has 3 rings (SSSR count). The van der Waals surface area contributed by atoms with E-state index in [0.29, 0.717) is 17.5 Å². The van der Waals surface area contributed by atoms with Crippen LogP contribution in [0.1, 0.15) is 30.0 Å². The Labute approximate surface area is 164 Å². The number of nitrogens with two attached hydrogens (primary N) is 1. The van der Waals surface area contributed by atoms with Gasteiger partial charge in [0.25, 0.3) is 0 Å². The molecule has 2 aromatic rings. The minimum Gasteiger partial charge on any atom is -0.497 e. The number of nitrogens with zero attached hydrogens (tertiary/aromatic N) is 1. The van der Waals surface area contributed by atoms with Crippen molar-refractivity contribution in [3.05, 3.63) is 71.8 Å². The number of nitrogens with one attached hydrogen (secondary N) is 1. The molecule has 0 fully saturated rings. The van der Waals surface area contributed by atoms with Crippen LogP contribution < -0.4 is 16.0 Å². The fourth-order valence-electron chi connectivity index (χ4n) is 2.92. The van der Waals surface area contributed by atoms with Crippen LogP contribution in [-0.2, 0) is 17.0 Å². The summed E-state index contributed by atoms with van der Waals surface area (Å²) in [6.07, 6.45) is 0.954. The van der Waals surface area contributed by atoms with Gasteiger partial charge in [-0.1, -0.05) is 48.7 Å². The molecule has 0 saturated heterocycles. The topological polar surface area (TPSA) is 68.9 Å². The SMILES string of the molecule is C=C(NOCc1ccc(OC)cc1)c1cccc(C2(C)CCSC(N)=N2)c1. The predicted octanol–water partition coefficient (Wildman–Crippen LogP) is 4.05. The molecule has 1 aliphatic rings. The third kappa shape index (κ3) is 4.84. The molecular weight excluding hydrogens is 358 g/mol. The van der Waals surface area contributed by atoms with Gasteiger partial charge in [0.2, 0.25) is 0 Å². The average Bonchev–Trinajstić information content (AvgIpc) is 2.68. The molecule has 1 atom stereocenters. The van der Waals surface area contributed by atoms with Crippen LogP contribution in [0.5, 0.6) is 5.75 Å². The summed E-state index contributed by atoms with van der Waals surface area (Å²) in [5.41, 5.74) is 12.4. The highest BCUT2D eigenvalue weighted by Gasteiger charge is 2.29. The van der Waals surface area contributed by atoms with E-state index in [2.05, 4.69) is 36.1 Å². The number of amidine groups is 1. The summed E-state index contributed by atoms with van der Waals surface area (Å²) < 4.78 is 5.16. The van der Waals surface area contributed by atoms with Crippen LogP contribution in [0.25, 0.3) is 5.70 Å². The maximum absolute atomic E-state index is 5.94. The van der Waals surface area contributed by atoms with Crippen LogP contribution >= 0.6 is 11.8 Å². The number of thioether (sulfide) groups is 1. The molecule has 142 valence electrons. The van der Waals surface area contributed by atoms with Crippen molar-refractivity contribution in [3.8, 4) is 5.75 Å². The fourth-order valence-corrected chi connectivity index (χ4v) is 3.90. The standard InChI is InChI=1S/C21H25N3O2S/c1-15(24-26-14-16-7-9-19(25-3)10-8-16)17-5-4-6-18(13-17)21(2)11-12-27-20(22)23-21/h4-10,13,24H,1,11-12,14H2,2-3H3,(H2,22,23). The van der Waals surface area contributed by atoms with Gasteiger partial charge in [0.05, 0.1) is 25.0 Å². The summed E-state index contributed by atoms with van der Waals surface area (Å²) in [4.78, 5) is 10.3. The molecule has 0 spiro atoms. The summed E-state index contributed by atoms with van der Waals surface area (Å²) >= 11 is 1.61. The van der Waals surface area contributed by atoms with Crippen LogP contribution in [0.4, 0.5) is 0 Å². The van der Waals surface area contributed by atoms with Crippen molar-refractivity contribution >= 4 is 22.6 Å². The van der Waals surface area contributed by atoms with E-state index >= 15 is 0 Å². The molecule has 6 heteroatoms. The first-order valence-electron chi connectivity index (χ1n) is 8.79. The van der Waals surface area contributed by atoms with Gasteiger partial charge < -0.3 is 10.5 Å². The second-order valence-electron chi connectivity index (χ2n) is 6.62. The second-order valence-corrected chi connectivity index (χ2v) is 7.74. The van der Waals surface area contributed by atoms with E-state index < -0.39 is 0 Å². The lowest BCUT2D eigenvalue weighted by Gasteiger charge is -2.30. The number of benzene rings is 2. The first-order valence-corrected chi connectivity index (χ1v) is 9.77. The summed E-state index contributed by atoms with van der Waals surface area (Å²) in [6.45, 7) is 6.64. The van der Waals surface area contributed by atoms with Crippen LogP contribution in [0.2, 0.25) is 0 Å². The predicted molar refractivity (Wildman–Crippen MR) is 112 cm³/mol. The number of hydroxylamine groups is 1. The van der Waals surface area contributed by atoms with Crippen molar-refractivity contribution in [1.82, 2.24) is 5.48 Å². The zero-order valence-electron chi connectivity index (χ0n) is 15.7. The molecule has 0 aliphatic carbocycles. The van der Waals surface area contributed by atoms with E-state index in [1.54, 1.807) is 18.9 Å². The normalized spacial score (nSPS) is 19.3. The Morgan fingerprint density at radius 1 is 1.30 bits per heavy atom. The Hall–Kier alpha value is -2.44. The number of methoxy groups -OCH3 is 1. The zero-order valence-corrected chi connectivity index (χ0v) is 16.5. The first kappa shape index (κ1) is 19.3. The minimum absolute atomic E-state index is 0.296. The van der Waals surface area contributed by atoms with Gasteiger partial charge in [-0.05, 0) is 48.2 Å². The molecular formula is C21H25N3O2S. The van der Waals surface area contributed by atoms with Gasteiger partial charge in [-0.2, -0.15) is 0 Å². The van der Waals surface area contributed by atoms with Crippen LogP contribution in [-0.4, -0.2) is 18.0 Å². The van der Waals surface area contributed by atoms with Gasteiger partial charge in [0.1, 0.15) is 5.75 Å². The van der Waals surface area contributed by atoms with Crippen molar-refractivity contribution in [2.45, 2.75) is 25.5 Å². The highest BCUT2D eigenvalue weighted by Crippen LogP contribution is 2.35. The lowest BCUT2D eigenvalue weighted by atomic mass is 9.88. The van der Waals surface area contributed by atoms with Gasteiger partial charge in [-0.3, -0.25) is 15.3 Å². The van der Waals surface area contributed by atoms with Gasteiger partial charge in [-0.15, -0.1) is 0 Å². The molecule has 0 aromatic heterocycles. The highest BCUT2D eigenvalue weighted by molar-refractivity contribution is 8.13. The number of ether oxygens (including phenoxy) is 1. The highest BCUT2D eigenvalue weighted by atomic mass is 32.2. The van der Waals surface area contributed by atoms with Crippen molar-refractivity contribution in [1.29, 1.82) is 0 Å². The molecule has 5 nitrogen and oxygen atoms in total. The molecule has 0 amide bonds. The van der Waals surface area contributed by atoms with Crippen LogP contribution in [0.3, 0.4) is 0 Å². The Bertz CT molecular complexity index is 836. The zero-order chi connectivity index (χ0) is 19.3. The lowest BCUT2D eigenvalue weighted by molar-refractivity contribution is 0.0648. The Morgan fingerprint density at radius 3 is 2.78 bits per heavy atom. The molecule has 2 aromatic carbocycles. The third-order valence-electron chi connectivity index (χ3n) is 4.62. The number of aliphatic imine (C=N–C) groups is 1. The van der Waals surface area contributed by atoms with Gasteiger partial charge >= 0.3 is 0 Å². The lowest BCUT2D eigenvalue weighted by Crippen LogP contribution is -2.28. The quantitative estimate of drug-likeness (QED) is 0.706. The van der Waals surface area contributed by atoms with E-state index in [0.717, 1.165) is 34.6 Å². The number of hydrogen-bond acceptors (Lipinski definition) is 6. The molecule has 0 radical (unpaired) electrons. The third-order valence-corrected chi connectivity index (χ3v) is 5.42. The molecule has 1 heterocycles. The number of hydrogen-bond donors (Lipinski definition) is 2. The molecule has 1 aliphatic heterocycles. The summed E-state index contributed by atoms with van der Waals surface area (Å²) in [6, 6.07) is 15.9. The van der Waals surface area contributed by atoms with E-state index in [9.17, 15) is 0 Å². The maximum atomic E-state index is 5.94. The molecule has 27 heavy (non-hydrogen) atoms. The summed E-state index contributed by atoms with van der Waals surface area (Å²) in [5.74, 6) is 1.80. The van der Waals surface area contributed by atoms with Gasteiger partial charge in [-0.25, -0.2) is 0 Å². The Morgan fingerprint density at radius 2 is 2.07 bits per heavy atom. The molecule has 0 saturated carbocycles. The first-order chi connectivity index (χ1) is 13.0. The van der Waals surface area contributed by atoms with E-state index in [1.807, 2.05) is 36.4 Å². The minimum atomic E-state index is -0.296. The van der Waals surface area contributed by atoms with Crippen LogP contribution in [0, 0.1) is 0 Å². The smallest absolute Gasteiger partial charge is 0.154 e. The largest absolute Gasteiger partial charge is 0.497 e. The van der Waals surface area contributed by atoms with E-state index in [-0.39, 0.29) is 5.54 Å². The Balaban J connectivity index is 1.62. The van der Waals surface area contributed by atoms with Crippen molar-refractivity contribution < 1.29 is 9.57 Å². The van der Waals surface area contributed by atoms with Crippen molar-refractivity contribution in [2.24, 2.45) is 10.7 Å². The van der Waals surface area contributed by atoms with E-state index in [1.165, 1.54) is 0 Å². The molecule has 3 N–H and O–H groups in total. The Kier molecular flexibility index (Phi) is 6.08. The number of rotatable bonds is 7. The summed E-state index contributed by atoms with van der Waals surface area (Å²) in [7, 11) is 1.65. The molecule has 1 unspecified atom stereocenters. The fraction of sp³-hybridized carbons (Fsp3) is 0.286. The van der Waals surface area contributed by atoms with Crippen LogP contribution in [0.15, 0.2) is 60.1 Å². The average molecular weight is 384 g/mol. The maximum Gasteiger partial charge on any atom is 0.154 e. The monoisotopic (exact) mass is 383 g/mol. The van der Waals surface area contributed by atoms with Gasteiger partial charge in [0, 0.05) is 5.75 Å². The summed E-state index contributed by atoms with van der Waals surface area (Å²) in [5, 5.41) is 0.647.